The average Bonchev–Trinajstić information content (AvgIpc) is 2.85. The highest BCUT2D eigenvalue weighted by molar-refractivity contribution is 7.09. The summed E-state index contributed by atoms with van der Waals surface area (Å²) >= 11 is 1.63. The number of alkyl carbamates (subject to hydrolysis) is 1. The van der Waals surface area contributed by atoms with Gasteiger partial charge in [-0.05, 0) is 33.6 Å². The van der Waals surface area contributed by atoms with E-state index in [4.69, 9.17) is 4.74 Å². The van der Waals surface area contributed by atoms with Crippen molar-refractivity contribution in [2.45, 2.75) is 59.2 Å². The number of amides is 1. The van der Waals surface area contributed by atoms with E-state index in [1.165, 1.54) is 4.88 Å². The van der Waals surface area contributed by atoms with E-state index < -0.39 is 5.60 Å². The van der Waals surface area contributed by atoms with Crippen LogP contribution in [0.5, 0.6) is 0 Å². The highest BCUT2D eigenvalue weighted by Crippen LogP contribution is 2.16. The van der Waals surface area contributed by atoms with E-state index >= 15 is 0 Å². The molecule has 2 unspecified atom stereocenters. The molecule has 5 nitrogen and oxygen atoms in total. The molecular formula is C15H27N3O2S. The van der Waals surface area contributed by atoms with Crippen molar-refractivity contribution in [2.75, 3.05) is 6.54 Å². The van der Waals surface area contributed by atoms with Gasteiger partial charge < -0.3 is 15.4 Å². The van der Waals surface area contributed by atoms with E-state index in [0.29, 0.717) is 12.5 Å². The molecule has 0 aliphatic heterocycles. The van der Waals surface area contributed by atoms with Crippen molar-refractivity contribution in [2.24, 2.45) is 5.92 Å². The van der Waals surface area contributed by atoms with Gasteiger partial charge in [-0.15, -0.1) is 11.3 Å². The lowest BCUT2D eigenvalue weighted by atomic mass is 10.0. The number of carbonyl (C=O) groups excluding carboxylic acids is 1. The summed E-state index contributed by atoms with van der Waals surface area (Å²) in [6.45, 7) is 12.5. The van der Waals surface area contributed by atoms with Gasteiger partial charge in [0, 0.05) is 29.7 Å². The van der Waals surface area contributed by atoms with Crippen molar-refractivity contribution in [1.29, 1.82) is 0 Å². The molecule has 0 spiro atoms. The Balaban J connectivity index is 2.48. The Morgan fingerprint density at radius 3 is 2.52 bits per heavy atom. The van der Waals surface area contributed by atoms with Gasteiger partial charge in [0.2, 0.25) is 0 Å². The van der Waals surface area contributed by atoms with E-state index in [2.05, 4.69) is 36.4 Å². The minimum atomic E-state index is -0.477. The number of thiazole rings is 1. The van der Waals surface area contributed by atoms with Crippen LogP contribution in [0.1, 0.15) is 52.5 Å². The zero-order chi connectivity index (χ0) is 16.0. The Labute approximate surface area is 131 Å². The molecule has 1 amide bonds. The number of ether oxygens (including phenoxy) is 1. The Kier molecular flexibility index (Phi) is 6.61. The van der Waals surface area contributed by atoms with E-state index in [-0.39, 0.29) is 18.2 Å². The molecule has 120 valence electrons. The van der Waals surface area contributed by atoms with Crippen LogP contribution in [0.2, 0.25) is 0 Å². The molecule has 1 heterocycles. The van der Waals surface area contributed by atoms with Gasteiger partial charge in [0.15, 0.2) is 0 Å². The zero-order valence-electron chi connectivity index (χ0n) is 13.8. The fraction of sp³-hybridized carbons (Fsp3) is 0.733. The van der Waals surface area contributed by atoms with Crippen molar-refractivity contribution >= 4 is 17.4 Å². The quantitative estimate of drug-likeness (QED) is 0.845. The van der Waals surface area contributed by atoms with Crippen LogP contribution >= 0.6 is 11.3 Å². The molecule has 0 aliphatic carbocycles. The number of hydrogen-bond donors (Lipinski definition) is 2. The van der Waals surface area contributed by atoms with Crippen LogP contribution in [0.4, 0.5) is 4.79 Å². The van der Waals surface area contributed by atoms with Gasteiger partial charge in [-0.25, -0.2) is 4.79 Å². The van der Waals surface area contributed by atoms with Gasteiger partial charge >= 0.3 is 6.09 Å². The van der Waals surface area contributed by atoms with Crippen LogP contribution in [-0.2, 0) is 4.74 Å². The second-order valence-corrected chi connectivity index (χ2v) is 7.45. The van der Waals surface area contributed by atoms with Crippen LogP contribution in [-0.4, -0.2) is 29.3 Å². The maximum atomic E-state index is 11.9. The molecule has 1 aromatic rings. The number of aromatic nitrogens is 1. The fourth-order valence-electron chi connectivity index (χ4n) is 1.76. The summed E-state index contributed by atoms with van der Waals surface area (Å²) in [5.74, 6) is 0.318. The second kappa shape index (κ2) is 7.75. The first-order chi connectivity index (χ1) is 9.69. The van der Waals surface area contributed by atoms with Crippen molar-refractivity contribution in [3.63, 3.8) is 0 Å². The second-order valence-electron chi connectivity index (χ2n) is 6.53. The number of rotatable bonds is 6. The summed E-state index contributed by atoms with van der Waals surface area (Å²) in [6.07, 6.45) is 1.50. The van der Waals surface area contributed by atoms with Gasteiger partial charge in [0.05, 0.1) is 5.51 Å². The lowest BCUT2D eigenvalue weighted by Gasteiger charge is -2.27. The Morgan fingerprint density at radius 2 is 2.05 bits per heavy atom. The third-order valence-corrected chi connectivity index (χ3v) is 3.99. The molecule has 0 radical (unpaired) electrons. The molecule has 0 aliphatic rings. The molecule has 1 aromatic heterocycles. The lowest BCUT2D eigenvalue weighted by molar-refractivity contribution is 0.0489. The fourth-order valence-corrected chi connectivity index (χ4v) is 2.41. The third-order valence-electron chi connectivity index (χ3n) is 3.03. The minimum absolute atomic E-state index is 0.0234. The van der Waals surface area contributed by atoms with Gasteiger partial charge in [0.25, 0.3) is 0 Å². The smallest absolute Gasteiger partial charge is 0.407 e. The van der Waals surface area contributed by atoms with E-state index in [1.807, 2.05) is 32.5 Å². The molecule has 2 N–H and O–H groups in total. The molecule has 0 aromatic carbocycles. The first kappa shape index (κ1) is 17.9. The van der Waals surface area contributed by atoms with Crippen LogP contribution in [0.3, 0.4) is 0 Å². The number of nitrogens with zero attached hydrogens (tertiary/aromatic N) is 1. The molecule has 0 fully saturated rings. The molecular weight excluding hydrogens is 286 g/mol. The van der Waals surface area contributed by atoms with Crippen molar-refractivity contribution < 1.29 is 9.53 Å². The first-order valence-electron chi connectivity index (χ1n) is 7.30. The van der Waals surface area contributed by atoms with E-state index in [1.54, 1.807) is 11.3 Å². The highest BCUT2D eigenvalue weighted by Gasteiger charge is 2.22. The largest absolute Gasteiger partial charge is 0.444 e. The predicted molar refractivity (Wildman–Crippen MR) is 86.5 cm³/mol. The van der Waals surface area contributed by atoms with Crippen molar-refractivity contribution in [1.82, 2.24) is 15.6 Å². The standard InChI is InChI=1S/C15H27N3O2S/c1-10(2)12(18-14(19)20-15(4,5)6)7-17-11(3)13-8-16-9-21-13/h8-12,17H,7H2,1-6H3,(H,18,19). The van der Waals surface area contributed by atoms with Crippen LogP contribution in [0.15, 0.2) is 11.7 Å². The molecule has 0 saturated carbocycles. The Hall–Kier alpha value is -1.14. The molecule has 0 bridgehead atoms. The summed E-state index contributed by atoms with van der Waals surface area (Å²) in [4.78, 5) is 17.2. The summed E-state index contributed by atoms with van der Waals surface area (Å²) in [6, 6.07) is 0.245. The van der Waals surface area contributed by atoms with Crippen molar-refractivity contribution in [3.8, 4) is 0 Å². The van der Waals surface area contributed by atoms with Gasteiger partial charge in [-0.3, -0.25) is 4.98 Å². The summed E-state index contributed by atoms with van der Waals surface area (Å²) in [7, 11) is 0. The van der Waals surface area contributed by atoms with Crippen LogP contribution < -0.4 is 10.6 Å². The SMILES string of the molecule is CC(NCC(NC(=O)OC(C)(C)C)C(C)C)c1cncs1. The number of carbonyl (C=O) groups is 1. The number of hydrogen-bond acceptors (Lipinski definition) is 5. The topological polar surface area (TPSA) is 63.2 Å². The molecule has 0 saturated heterocycles. The average molecular weight is 313 g/mol. The van der Waals surface area contributed by atoms with Crippen molar-refractivity contribution in [3.05, 3.63) is 16.6 Å². The number of nitrogens with one attached hydrogen (secondary N) is 2. The van der Waals surface area contributed by atoms with Crippen LogP contribution in [0.25, 0.3) is 0 Å². The minimum Gasteiger partial charge on any atom is -0.444 e. The Bertz CT molecular complexity index is 427. The molecule has 1 rings (SSSR count). The van der Waals surface area contributed by atoms with Gasteiger partial charge in [0.1, 0.15) is 5.60 Å². The molecule has 21 heavy (non-hydrogen) atoms. The first-order valence-corrected chi connectivity index (χ1v) is 8.18. The summed E-state index contributed by atoms with van der Waals surface area (Å²) in [5.41, 5.74) is 1.35. The molecule has 6 heteroatoms. The van der Waals surface area contributed by atoms with E-state index in [9.17, 15) is 4.79 Å². The third kappa shape index (κ3) is 6.91. The summed E-state index contributed by atoms with van der Waals surface area (Å²) < 4.78 is 5.31. The van der Waals surface area contributed by atoms with Crippen LogP contribution in [0, 0.1) is 5.92 Å². The van der Waals surface area contributed by atoms with E-state index in [0.717, 1.165) is 0 Å². The molecule has 2 atom stereocenters. The predicted octanol–water partition coefficient (Wildman–Crippen LogP) is 3.34. The summed E-state index contributed by atoms with van der Waals surface area (Å²) in [5, 5.41) is 6.37. The highest BCUT2D eigenvalue weighted by atomic mass is 32.1. The Morgan fingerprint density at radius 1 is 1.38 bits per heavy atom. The zero-order valence-corrected chi connectivity index (χ0v) is 14.6. The maximum Gasteiger partial charge on any atom is 0.407 e. The monoisotopic (exact) mass is 313 g/mol. The normalized spacial score (nSPS) is 14.8. The van der Waals surface area contributed by atoms with Gasteiger partial charge in [-0.1, -0.05) is 13.8 Å². The maximum absolute atomic E-state index is 11.9. The van der Waals surface area contributed by atoms with Gasteiger partial charge in [-0.2, -0.15) is 0 Å². The lowest BCUT2D eigenvalue weighted by Crippen LogP contribution is -2.47.